The van der Waals surface area contributed by atoms with Crippen molar-refractivity contribution >= 4 is 22.7 Å². The van der Waals surface area contributed by atoms with Crippen molar-refractivity contribution in [1.29, 1.82) is 0 Å². The number of aryl methyl sites for hydroxylation is 1. The van der Waals surface area contributed by atoms with Crippen LogP contribution in [0.1, 0.15) is 56.1 Å². The Morgan fingerprint density at radius 3 is 2.69 bits per heavy atom. The minimum absolute atomic E-state index is 0.237. The number of hydrogen-bond donors (Lipinski definition) is 0. The Bertz CT molecular complexity index is 1030. The fourth-order valence-electron chi connectivity index (χ4n) is 3.56. The van der Waals surface area contributed by atoms with E-state index >= 15 is 0 Å². The Kier molecular flexibility index (Phi) is 7.14. The molecule has 29 heavy (non-hydrogen) atoms. The predicted molar refractivity (Wildman–Crippen MR) is 118 cm³/mol. The molecule has 6 nitrogen and oxygen atoms in total. The van der Waals surface area contributed by atoms with E-state index in [4.69, 9.17) is 4.42 Å². The van der Waals surface area contributed by atoms with Gasteiger partial charge in [0.1, 0.15) is 5.58 Å². The monoisotopic (exact) mass is 414 g/mol. The number of fused-ring (bicyclic) bond motifs is 1. The average molecular weight is 415 g/mol. The molecule has 2 heterocycles. The molecule has 0 bridgehead atoms. The van der Waals surface area contributed by atoms with Crippen LogP contribution in [0.25, 0.3) is 11.0 Å². The van der Waals surface area contributed by atoms with E-state index in [0.717, 1.165) is 53.3 Å². The summed E-state index contributed by atoms with van der Waals surface area (Å²) in [4.78, 5) is 14.2. The molecule has 0 fully saturated rings. The van der Waals surface area contributed by atoms with Crippen LogP contribution >= 0.6 is 11.8 Å². The molecule has 7 heteroatoms. The summed E-state index contributed by atoms with van der Waals surface area (Å²) in [5.74, 6) is 1.66. The number of benzene rings is 1. The molecule has 3 aromatic rings. The highest BCUT2D eigenvalue weighted by atomic mass is 32.2. The molecule has 3 rings (SSSR count). The largest absolute Gasteiger partial charge is 0.423 e. The highest BCUT2D eigenvalue weighted by Gasteiger charge is 2.22. The Labute approximate surface area is 176 Å². The number of aromatic nitrogens is 3. The van der Waals surface area contributed by atoms with Gasteiger partial charge in [0.2, 0.25) is 0 Å². The molecular formula is C22H30N4O2S. The fraction of sp³-hybridized carbons (Fsp3) is 0.500. The molecule has 0 amide bonds. The fourth-order valence-corrected chi connectivity index (χ4v) is 4.52. The molecule has 156 valence electrons. The van der Waals surface area contributed by atoms with E-state index in [-0.39, 0.29) is 11.7 Å². The summed E-state index contributed by atoms with van der Waals surface area (Å²) in [5, 5.41) is 10.9. The zero-order chi connectivity index (χ0) is 21.0. The van der Waals surface area contributed by atoms with Gasteiger partial charge in [-0.1, -0.05) is 44.2 Å². The molecule has 0 spiro atoms. The van der Waals surface area contributed by atoms with Gasteiger partial charge >= 0.3 is 5.63 Å². The van der Waals surface area contributed by atoms with E-state index in [0.29, 0.717) is 11.3 Å². The van der Waals surface area contributed by atoms with E-state index in [9.17, 15) is 4.79 Å². The zero-order valence-electron chi connectivity index (χ0n) is 17.9. The summed E-state index contributed by atoms with van der Waals surface area (Å²) in [6.07, 6.45) is 3.18. The molecule has 0 saturated carbocycles. The second-order valence-corrected chi connectivity index (χ2v) is 8.56. The first-order chi connectivity index (χ1) is 13.9. The molecule has 2 aromatic heterocycles. The number of nitrogens with zero attached hydrogens (tertiary/aromatic N) is 4. The van der Waals surface area contributed by atoms with Crippen LogP contribution in [-0.4, -0.2) is 33.8 Å². The lowest BCUT2D eigenvalue weighted by Gasteiger charge is -2.23. The van der Waals surface area contributed by atoms with Crippen molar-refractivity contribution in [3.8, 4) is 0 Å². The van der Waals surface area contributed by atoms with Gasteiger partial charge in [-0.3, -0.25) is 4.90 Å². The smallest absolute Gasteiger partial charge is 0.336 e. The van der Waals surface area contributed by atoms with Crippen molar-refractivity contribution in [2.24, 2.45) is 0 Å². The Balaban J connectivity index is 1.92. The third-order valence-electron chi connectivity index (χ3n) is 5.13. The SMILES string of the molecule is CCCCn1c(SCc2cc(=O)oc3cc(C)ccc23)nnc1C(CC)N(C)C. The van der Waals surface area contributed by atoms with E-state index in [2.05, 4.69) is 47.6 Å². The molecular weight excluding hydrogens is 384 g/mol. The highest BCUT2D eigenvalue weighted by molar-refractivity contribution is 7.98. The minimum Gasteiger partial charge on any atom is -0.423 e. The van der Waals surface area contributed by atoms with Gasteiger partial charge in [-0.25, -0.2) is 4.79 Å². The first kappa shape index (κ1) is 21.6. The minimum atomic E-state index is -0.314. The van der Waals surface area contributed by atoms with Gasteiger partial charge in [-0.2, -0.15) is 0 Å². The lowest BCUT2D eigenvalue weighted by molar-refractivity contribution is 0.270. The summed E-state index contributed by atoms with van der Waals surface area (Å²) < 4.78 is 7.64. The molecule has 0 aliphatic rings. The van der Waals surface area contributed by atoms with Crippen LogP contribution in [0.2, 0.25) is 0 Å². The lowest BCUT2D eigenvalue weighted by atomic mass is 10.1. The topological polar surface area (TPSA) is 64.2 Å². The lowest BCUT2D eigenvalue weighted by Crippen LogP contribution is -2.23. The Morgan fingerprint density at radius 2 is 2.00 bits per heavy atom. The van der Waals surface area contributed by atoms with Gasteiger partial charge in [-0.15, -0.1) is 10.2 Å². The Hall–Kier alpha value is -2.12. The van der Waals surface area contributed by atoms with Crippen LogP contribution in [-0.2, 0) is 12.3 Å². The van der Waals surface area contributed by atoms with Crippen molar-refractivity contribution in [3.05, 3.63) is 51.6 Å². The highest BCUT2D eigenvalue weighted by Crippen LogP contribution is 2.29. The molecule has 0 N–H and O–H groups in total. The summed E-state index contributed by atoms with van der Waals surface area (Å²) >= 11 is 1.63. The van der Waals surface area contributed by atoms with Crippen molar-refractivity contribution in [1.82, 2.24) is 19.7 Å². The van der Waals surface area contributed by atoms with Crippen LogP contribution in [0.5, 0.6) is 0 Å². The van der Waals surface area contributed by atoms with Crippen molar-refractivity contribution in [2.45, 2.75) is 63.5 Å². The molecule has 0 radical (unpaired) electrons. The normalized spacial score (nSPS) is 12.8. The third-order valence-corrected chi connectivity index (χ3v) is 6.15. The summed E-state index contributed by atoms with van der Waals surface area (Å²) in [5.41, 5.74) is 2.36. The standard InChI is InChI=1S/C22H30N4O2S/c1-6-8-11-26-21(18(7-2)25(4)5)23-24-22(26)29-14-16-13-20(27)28-19-12-15(3)9-10-17(16)19/h9-10,12-13,18H,6-8,11,14H2,1-5H3. The first-order valence-corrected chi connectivity index (χ1v) is 11.2. The maximum Gasteiger partial charge on any atom is 0.336 e. The maximum atomic E-state index is 12.0. The van der Waals surface area contributed by atoms with Crippen LogP contribution in [0.15, 0.2) is 38.6 Å². The van der Waals surface area contributed by atoms with E-state index < -0.39 is 0 Å². The number of thioether (sulfide) groups is 1. The molecule has 1 aromatic carbocycles. The van der Waals surface area contributed by atoms with Gasteiger partial charge in [0.05, 0.1) is 6.04 Å². The van der Waals surface area contributed by atoms with Crippen molar-refractivity contribution in [3.63, 3.8) is 0 Å². The van der Waals surface area contributed by atoms with Crippen LogP contribution in [0.4, 0.5) is 0 Å². The summed E-state index contributed by atoms with van der Waals surface area (Å²) in [6.45, 7) is 7.26. The van der Waals surface area contributed by atoms with Gasteiger partial charge in [0.15, 0.2) is 11.0 Å². The molecule has 0 aliphatic carbocycles. The molecule has 1 unspecified atom stereocenters. The molecule has 0 saturated heterocycles. The second-order valence-electron chi connectivity index (χ2n) is 7.61. The number of rotatable bonds is 9. The van der Waals surface area contributed by atoms with Gasteiger partial charge in [0.25, 0.3) is 0 Å². The van der Waals surface area contributed by atoms with Crippen molar-refractivity contribution < 1.29 is 4.42 Å². The van der Waals surface area contributed by atoms with Crippen LogP contribution in [0, 0.1) is 6.92 Å². The zero-order valence-corrected chi connectivity index (χ0v) is 18.8. The third kappa shape index (κ3) is 4.90. The van der Waals surface area contributed by atoms with E-state index in [1.807, 2.05) is 25.1 Å². The second kappa shape index (κ2) is 9.59. The molecule has 1 atom stereocenters. The molecule has 0 aliphatic heterocycles. The first-order valence-electron chi connectivity index (χ1n) is 10.2. The van der Waals surface area contributed by atoms with Gasteiger partial charge in [-0.05, 0) is 51.1 Å². The number of unbranched alkanes of at least 4 members (excludes halogenated alkanes) is 1. The Morgan fingerprint density at radius 1 is 1.21 bits per heavy atom. The summed E-state index contributed by atoms with van der Waals surface area (Å²) in [7, 11) is 4.16. The maximum absolute atomic E-state index is 12.0. The van der Waals surface area contributed by atoms with E-state index in [1.54, 1.807) is 17.8 Å². The predicted octanol–water partition coefficient (Wildman–Crippen LogP) is 4.80. The van der Waals surface area contributed by atoms with E-state index in [1.165, 1.54) is 0 Å². The average Bonchev–Trinajstić information content (AvgIpc) is 3.06. The van der Waals surface area contributed by atoms with Crippen molar-refractivity contribution in [2.75, 3.05) is 14.1 Å². The number of hydrogen-bond acceptors (Lipinski definition) is 6. The van der Waals surface area contributed by atoms with Crippen LogP contribution in [0.3, 0.4) is 0 Å². The van der Waals surface area contributed by atoms with Gasteiger partial charge in [0, 0.05) is 23.8 Å². The summed E-state index contributed by atoms with van der Waals surface area (Å²) in [6, 6.07) is 7.81. The van der Waals surface area contributed by atoms with Crippen LogP contribution < -0.4 is 5.63 Å². The van der Waals surface area contributed by atoms with Gasteiger partial charge < -0.3 is 8.98 Å². The quantitative estimate of drug-likeness (QED) is 0.370.